The molecule has 0 spiro atoms. The molecule has 2 saturated heterocycles. The van der Waals surface area contributed by atoms with Crippen molar-refractivity contribution in [1.29, 1.82) is 0 Å². The third kappa shape index (κ3) is 7.70. The second kappa shape index (κ2) is 15.2. The lowest BCUT2D eigenvalue weighted by molar-refractivity contribution is -0.148. The number of likely N-dealkylation sites (tertiary alicyclic amines) is 2. The zero-order chi connectivity index (χ0) is 41.0. The van der Waals surface area contributed by atoms with Gasteiger partial charge in [-0.25, -0.2) is 13.4 Å². The van der Waals surface area contributed by atoms with Crippen LogP contribution in [0.4, 0.5) is 0 Å². The molecule has 2 N–H and O–H groups in total. The van der Waals surface area contributed by atoms with Crippen LogP contribution in [0, 0.1) is 17.3 Å². The Kier molecular flexibility index (Phi) is 10.4. The molecule has 5 atom stereocenters. The highest BCUT2D eigenvalue weighted by Gasteiger charge is 2.62. The van der Waals surface area contributed by atoms with Gasteiger partial charge in [-0.1, -0.05) is 69.3 Å². The highest BCUT2D eigenvalue weighted by Crippen LogP contribution is 2.46. The summed E-state index contributed by atoms with van der Waals surface area (Å²) >= 11 is 0. The van der Waals surface area contributed by atoms with Crippen LogP contribution < -0.4 is 14.8 Å². The largest absolute Gasteiger partial charge is 0.484 e. The fourth-order valence-electron chi connectivity index (χ4n) is 8.48. The Labute approximate surface area is 338 Å². The number of benzene rings is 2. The van der Waals surface area contributed by atoms with Gasteiger partial charge in [-0.2, -0.15) is 0 Å². The van der Waals surface area contributed by atoms with Crippen molar-refractivity contribution in [3.8, 4) is 17.0 Å². The number of pyridine rings is 1. The number of hydrogen-bond donors (Lipinski definition) is 2. The van der Waals surface area contributed by atoms with Crippen LogP contribution in [0.25, 0.3) is 33.3 Å². The third-order valence-corrected chi connectivity index (χ3v) is 14.0. The van der Waals surface area contributed by atoms with Crippen LogP contribution in [-0.4, -0.2) is 89.4 Å². The molecule has 0 bridgehead atoms. The molecular weight excluding hydrogens is 759 g/mol. The molecular formula is C44H51N5O8S. The third-order valence-electron chi connectivity index (χ3n) is 12.2. The van der Waals surface area contributed by atoms with Crippen LogP contribution in [-0.2, 0) is 29.2 Å². The Morgan fingerprint density at radius 2 is 1.74 bits per heavy atom. The highest BCUT2D eigenvalue weighted by molar-refractivity contribution is 7.91. The first kappa shape index (κ1) is 39.6. The van der Waals surface area contributed by atoms with Crippen LogP contribution in [0.2, 0.25) is 0 Å². The van der Waals surface area contributed by atoms with Crippen molar-refractivity contribution in [1.82, 2.24) is 24.8 Å². The zero-order valence-electron chi connectivity index (χ0n) is 33.2. The summed E-state index contributed by atoms with van der Waals surface area (Å²) in [7, 11) is -3.90. The molecule has 13 nitrogen and oxygen atoms in total. The summed E-state index contributed by atoms with van der Waals surface area (Å²) in [4.78, 5) is 65.1. The maximum absolute atomic E-state index is 14.9. The van der Waals surface area contributed by atoms with E-state index in [1.165, 1.54) is 11.0 Å². The molecule has 2 aliphatic carbocycles. The number of hydrogen-bond acceptors (Lipinski definition) is 9. The molecule has 4 amide bonds. The standard InChI is InChI=1S/C44H51N5O8S/c1-5-28-25-44(28,42(53)47-58(54,55)30-18-19-30)46-40(51)34-22-29(26-49(34)41(52)32(43(2,3)4)23-37(50)48-20-12-7-13-21-48)56-36-24-33(27-14-8-6-9-15-27)45-38-31-16-10-11-17-35(31)57-39(36)38/h5-6,8-11,14-17,24,28-30,32,34H,1,7,12-13,18-23,25-26H2,2-4H3,(H,46,51)(H,47,53)/t28-,29-,32-,34+,44-/m1/s1. The van der Waals surface area contributed by atoms with E-state index in [2.05, 4.69) is 16.6 Å². The lowest BCUT2D eigenvalue weighted by Crippen LogP contribution is -2.57. The van der Waals surface area contributed by atoms with Gasteiger partial charge in [0.05, 0.1) is 23.4 Å². The monoisotopic (exact) mass is 809 g/mol. The van der Waals surface area contributed by atoms with Gasteiger partial charge < -0.3 is 24.3 Å². The van der Waals surface area contributed by atoms with Crippen molar-refractivity contribution < 1.29 is 36.7 Å². The van der Waals surface area contributed by atoms with E-state index in [1.807, 2.05) is 80.3 Å². The number of fused-ring (bicyclic) bond motifs is 3. The molecule has 0 radical (unpaired) electrons. The summed E-state index contributed by atoms with van der Waals surface area (Å²) < 4.78 is 40.9. The van der Waals surface area contributed by atoms with Gasteiger partial charge in [0.2, 0.25) is 27.7 Å². The lowest BCUT2D eigenvalue weighted by Gasteiger charge is -2.36. The number of amides is 4. The average Bonchev–Trinajstić information content (AvgIpc) is 4.12. The van der Waals surface area contributed by atoms with Gasteiger partial charge >= 0.3 is 0 Å². The number of carbonyl (C=O) groups excluding carboxylic acids is 4. The Bertz CT molecular complexity index is 2380. The van der Waals surface area contributed by atoms with Crippen LogP contribution in [0.5, 0.6) is 5.75 Å². The quantitative estimate of drug-likeness (QED) is 0.170. The van der Waals surface area contributed by atoms with E-state index < -0.39 is 62.0 Å². The van der Waals surface area contributed by atoms with E-state index in [-0.39, 0.29) is 37.6 Å². The minimum atomic E-state index is -3.90. The number of furan rings is 1. The number of piperidine rings is 1. The maximum Gasteiger partial charge on any atom is 0.259 e. The summed E-state index contributed by atoms with van der Waals surface area (Å²) in [6, 6.07) is 17.9. The molecule has 58 heavy (non-hydrogen) atoms. The van der Waals surface area contributed by atoms with Crippen molar-refractivity contribution in [3.05, 3.63) is 73.3 Å². The molecule has 4 heterocycles. The number of aromatic nitrogens is 1. The summed E-state index contributed by atoms with van der Waals surface area (Å²) in [5.74, 6) is -2.80. The SMILES string of the molecule is C=C[C@@H]1C[C@]1(NC(=O)[C@@H]1C[C@@H](Oc2cc(-c3ccccc3)nc3c2oc2ccccc23)CN1C(=O)[C@@H](CC(=O)N1CCCCC1)C(C)(C)C)C(=O)NS(=O)(=O)C1CC1. The summed E-state index contributed by atoms with van der Waals surface area (Å²) in [6.45, 7) is 10.9. The number of carbonyl (C=O) groups is 4. The Hall–Kier alpha value is -5.24. The van der Waals surface area contributed by atoms with Gasteiger partial charge in [-0.15, -0.1) is 6.58 Å². The number of para-hydroxylation sites is 1. The van der Waals surface area contributed by atoms with Crippen LogP contribution >= 0.6 is 0 Å². The van der Waals surface area contributed by atoms with E-state index in [4.69, 9.17) is 14.1 Å². The predicted octanol–water partition coefficient (Wildman–Crippen LogP) is 5.73. The van der Waals surface area contributed by atoms with E-state index in [1.54, 1.807) is 6.07 Å². The number of ether oxygens (including phenoxy) is 1. The molecule has 4 aliphatic rings. The van der Waals surface area contributed by atoms with Crippen molar-refractivity contribution in [2.75, 3.05) is 19.6 Å². The van der Waals surface area contributed by atoms with Gasteiger partial charge in [0.1, 0.15) is 28.8 Å². The Morgan fingerprint density at radius 1 is 1.03 bits per heavy atom. The van der Waals surface area contributed by atoms with Crippen LogP contribution in [0.1, 0.15) is 72.1 Å². The smallest absolute Gasteiger partial charge is 0.259 e. The molecule has 2 saturated carbocycles. The first-order chi connectivity index (χ1) is 27.7. The molecule has 2 aliphatic heterocycles. The maximum atomic E-state index is 14.9. The minimum Gasteiger partial charge on any atom is -0.484 e. The summed E-state index contributed by atoms with van der Waals surface area (Å²) in [5, 5.41) is 3.04. The number of nitrogens with one attached hydrogen (secondary N) is 2. The number of nitrogens with zero attached hydrogens (tertiary/aromatic N) is 3. The predicted molar refractivity (Wildman–Crippen MR) is 219 cm³/mol. The molecule has 8 rings (SSSR count). The molecule has 4 aromatic rings. The number of sulfonamides is 1. The Balaban J connectivity index is 1.13. The van der Waals surface area contributed by atoms with Crippen LogP contribution in [0.3, 0.4) is 0 Å². The van der Waals surface area contributed by atoms with E-state index in [0.717, 1.165) is 30.2 Å². The average molecular weight is 810 g/mol. The molecule has 2 aromatic heterocycles. The van der Waals surface area contributed by atoms with Crippen molar-refractivity contribution in [2.24, 2.45) is 17.3 Å². The zero-order valence-corrected chi connectivity index (χ0v) is 34.1. The topological polar surface area (TPSA) is 168 Å². The Morgan fingerprint density at radius 3 is 2.41 bits per heavy atom. The fourth-order valence-corrected chi connectivity index (χ4v) is 9.85. The minimum absolute atomic E-state index is 0.00621. The van der Waals surface area contributed by atoms with Gasteiger partial charge in [0, 0.05) is 48.9 Å². The van der Waals surface area contributed by atoms with Gasteiger partial charge in [-0.3, -0.25) is 23.9 Å². The fraction of sp³-hybridized carbons (Fsp3) is 0.477. The normalized spacial score (nSPS) is 24.0. The number of rotatable bonds is 12. The van der Waals surface area contributed by atoms with Gasteiger partial charge in [0.15, 0.2) is 11.3 Å². The second-order valence-corrected chi connectivity index (χ2v) is 19.3. The first-order valence-electron chi connectivity index (χ1n) is 20.3. The lowest BCUT2D eigenvalue weighted by atomic mass is 9.77. The van der Waals surface area contributed by atoms with Gasteiger partial charge in [-0.05, 0) is 56.1 Å². The van der Waals surface area contributed by atoms with Gasteiger partial charge in [0.25, 0.3) is 5.91 Å². The van der Waals surface area contributed by atoms with Crippen molar-refractivity contribution in [2.45, 2.75) is 95.1 Å². The first-order valence-corrected chi connectivity index (χ1v) is 21.9. The molecule has 14 heteroatoms. The van der Waals surface area contributed by atoms with E-state index in [0.29, 0.717) is 54.1 Å². The van der Waals surface area contributed by atoms with Crippen molar-refractivity contribution in [3.63, 3.8) is 0 Å². The van der Waals surface area contributed by atoms with Crippen molar-refractivity contribution >= 4 is 55.7 Å². The molecule has 2 aromatic carbocycles. The van der Waals surface area contributed by atoms with E-state index in [9.17, 15) is 27.6 Å². The second-order valence-electron chi connectivity index (χ2n) is 17.4. The summed E-state index contributed by atoms with van der Waals surface area (Å²) in [6.07, 6.45) is 4.82. The molecule has 0 unspecified atom stereocenters. The van der Waals surface area contributed by atoms with Crippen LogP contribution in [0.15, 0.2) is 77.7 Å². The molecule has 306 valence electrons. The summed E-state index contributed by atoms with van der Waals surface area (Å²) in [5.41, 5.74) is 0.970. The van der Waals surface area contributed by atoms with E-state index >= 15 is 0 Å². The highest BCUT2D eigenvalue weighted by atomic mass is 32.2. The molecule has 4 fully saturated rings.